The van der Waals surface area contributed by atoms with Gasteiger partial charge in [-0.05, 0) is 18.9 Å². The smallest absolute Gasteiger partial charge is 0.165 e. The number of furan rings is 1. The second-order valence-corrected chi connectivity index (χ2v) is 4.53. The van der Waals surface area contributed by atoms with Crippen molar-refractivity contribution in [3.8, 4) is 11.4 Å². The zero-order valence-corrected chi connectivity index (χ0v) is 9.60. The number of aromatic nitrogens is 2. The zero-order chi connectivity index (χ0) is 11.7. The Kier molecular flexibility index (Phi) is 2.55. The van der Waals surface area contributed by atoms with E-state index >= 15 is 0 Å². The average molecular weight is 229 g/mol. The summed E-state index contributed by atoms with van der Waals surface area (Å²) in [7, 11) is 0. The van der Waals surface area contributed by atoms with Crippen molar-refractivity contribution in [2.75, 3.05) is 5.73 Å². The topological polar surface area (TPSA) is 64.9 Å². The lowest BCUT2D eigenvalue weighted by Gasteiger charge is -2.10. The maximum Gasteiger partial charge on any atom is 0.165 e. The van der Waals surface area contributed by atoms with E-state index in [4.69, 9.17) is 10.2 Å². The molecule has 4 nitrogen and oxygen atoms in total. The van der Waals surface area contributed by atoms with Crippen molar-refractivity contribution < 1.29 is 4.42 Å². The highest BCUT2D eigenvalue weighted by Gasteiger charge is 2.20. The summed E-state index contributed by atoms with van der Waals surface area (Å²) in [6.45, 7) is 0. The fourth-order valence-electron chi connectivity index (χ4n) is 2.44. The van der Waals surface area contributed by atoms with Crippen molar-refractivity contribution in [1.82, 2.24) is 9.97 Å². The van der Waals surface area contributed by atoms with Gasteiger partial charge in [0.1, 0.15) is 12.1 Å². The Balaban J connectivity index is 2.00. The molecular weight excluding hydrogens is 214 g/mol. The van der Waals surface area contributed by atoms with Gasteiger partial charge < -0.3 is 10.2 Å². The summed E-state index contributed by atoms with van der Waals surface area (Å²) >= 11 is 0. The molecule has 0 aliphatic heterocycles. The predicted octanol–water partition coefficient (Wildman–Crippen LogP) is 2.98. The van der Waals surface area contributed by atoms with E-state index in [1.165, 1.54) is 25.7 Å². The van der Waals surface area contributed by atoms with Crippen LogP contribution >= 0.6 is 0 Å². The minimum atomic E-state index is 0.540. The maximum absolute atomic E-state index is 5.85. The van der Waals surface area contributed by atoms with E-state index in [0.717, 1.165) is 11.3 Å². The third-order valence-corrected chi connectivity index (χ3v) is 3.32. The first-order valence-corrected chi connectivity index (χ1v) is 6.00. The van der Waals surface area contributed by atoms with Crippen molar-refractivity contribution in [3.63, 3.8) is 0 Å². The summed E-state index contributed by atoms with van der Waals surface area (Å²) in [6.07, 6.45) is 8.26. The SMILES string of the molecule is Nc1cc(C2CCCC2)nc(-c2ccoc2)n1. The highest BCUT2D eigenvalue weighted by atomic mass is 16.3. The molecule has 1 aliphatic rings. The summed E-state index contributed by atoms with van der Waals surface area (Å²) in [5.74, 6) is 1.75. The first kappa shape index (κ1) is 10.3. The van der Waals surface area contributed by atoms with Crippen molar-refractivity contribution >= 4 is 5.82 Å². The summed E-state index contributed by atoms with van der Waals surface area (Å²) in [4.78, 5) is 8.86. The van der Waals surface area contributed by atoms with Crippen LogP contribution in [0.4, 0.5) is 5.82 Å². The van der Waals surface area contributed by atoms with E-state index in [2.05, 4.69) is 9.97 Å². The van der Waals surface area contributed by atoms with E-state index in [0.29, 0.717) is 17.6 Å². The van der Waals surface area contributed by atoms with Crippen LogP contribution in [-0.4, -0.2) is 9.97 Å². The molecule has 0 unspecified atom stereocenters. The van der Waals surface area contributed by atoms with Gasteiger partial charge in [-0.2, -0.15) is 0 Å². The van der Waals surface area contributed by atoms with Crippen LogP contribution in [0.5, 0.6) is 0 Å². The fourth-order valence-corrected chi connectivity index (χ4v) is 2.44. The molecule has 4 heteroatoms. The van der Waals surface area contributed by atoms with Crippen LogP contribution in [0.3, 0.4) is 0 Å². The van der Waals surface area contributed by atoms with Crippen LogP contribution in [0, 0.1) is 0 Å². The normalized spacial score (nSPS) is 16.5. The Morgan fingerprint density at radius 3 is 2.76 bits per heavy atom. The van der Waals surface area contributed by atoms with Gasteiger partial charge in [-0.3, -0.25) is 0 Å². The van der Waals surface area contributed by atoms with Gasteiger partial charge in [0.25, 0.3) is 0 Å². The number of nitrogens with zero attached hydrogens (tertiary/aromatic N) is 2. The standard InChI is InChI=1S/C13H15N3O/c14-12-7-11(9-3-1-2-4-9)15-13(16-12)10-5-6-17-8-10/h5-9H,1-4H2,(H2,14,15,16). The molecule has 1 saturated carbocycles. The van der Waals surface area contributed by atoms with E-state index in [9.17, 15) is 0 Å². The molecule has 1 fully saturated rings. The second kappa shape index (κ2) is 4.20. The molecule has 2 aromatic rings. The molecule has 0 spiro atoms. The summed E-state index contributed by atoms with van der Waals surface area (Å²) in [5, 5.41) is 0. The summed E-state index contributed by atoms with van der Waals surface area (Å²) < 4.78 is 5.05. The van der Waals surface area contributed by atoms with Crippen LogP contribution in [0.25, 0.3) is 11.4 Å². The Labute approximate surface area is 99.9 Å². The molecule has 0 radical (unpaired) electrons. The lowest BCUT2D eigenvalue weighted by Crippen LogP contribution is -2.03. The minimum Gasteiger partial charge on any atom is -0.472 e. The maximum atomic E-state index is 5.85. The first-order valence-electron chi connectivity index (χ1n) is 6.00. The van der Waals surface area contributed by atoms with Crippen LogP contribution < -0.4 is 5.73 Å². The Morgan fingerprint density at radius 2 is 2.06 bits per heavy atom. The third kappa shape index (κ3) is 2.02. The summed E-state index contributed by atoms with van der Waals surface area (Å²) in [6, 6.07) is 3.76. The van der Waals surface area contributed by atoms with Crippen LogP contribution in [-0.2, 0) is 0 Å². The van der Waals surface area contributed by atoms with Gasteiger partial charge in [0.15, 0.2) is 5.82 Å². The molecule has 0 saturated heterocycles. The van der Waals surface area contributed by atoms with Gasteiger partial charge in [-0.15, -0.1) is 0 Å². The molecule has 0 amide bonds. The van der Waals surface area contributed by atoms with Crippen molar-refractivity contribution in [1.29, 1.82) is 0 Å². The molecule has 2 heterocycles. The molecule has 0 aromatic carbocycles. The second-order valence-electron chi connectivity index (χ2n) is 4.53. The lowest BCUT2D eigenvalue weighted by atomic mass is 10.0. The number of hydrogen-bond acceptors (Lipinski definition) is 4. The summed E-state index contributed by atoms with van der Waals surface area (Å²) in [5.41, 5.74) is 7.81. The van der Waals surface area contributed by atoms with Crippen molar-refractivity contribution in [2.45, 2.75) is 31.6 Å². The van der Waals surface area contributed by atoms with Gasteiger partial charge in [0, 0.05) is 17.7 Å². The molecule has 3 rings (SSSR count). The molecular formula is C13H15N3O. The van der Waals surface area contributed by atoms with Crippen molar-refractivity contribution in [3.05, 3.63) is 30.4 Å². The molecule has 17 heavy (non-hydrogen) atoms. The molecule has 1 aliphatic carbocycles. The van der Waals surface area contributed by atoms with Crippen molar-refractivity contribution in [2.24, 2.45) is 0 Å². The fraction of sp³-hybridized carbons (Fsp3) is 0.385. The number of nitrogens with two attached hydrogens (primary N) is 1. The van der Waals surface area contributed by atoms with E-state index in [1.807, 2.05) is 12.1 Å². The Morgan fingerprint density at radius 1 is 1.24 bits per heavy atom. The highest BCUT2D eigenvalue weighted by Crippen LogP contribution is 2.34. The molecule has 2 N–H and O–H groups in total. The largest absolute Gasteiger partial charge is 0.472 e. The van der Waals surface area contributed by atoms with E-state index < -0.39 is 0 Å². The van der Waals surface area contributed by atoms with Gasteiger partial charge >= 0.3 is 0 Å². The zero-order valence-electron chi connectivity index (χ0n) is 9.60. The van der Waals surface area contributed by atoms with E-state index in [-0.39, 0.29) is 0 Å². The minimum absolute atomic E-state index is 0.540. The van der Waals surface area contributed by atoms with Crippen LogP contribution in [0.1, 0.15) is 37.3 Å². The molecule has 2 aromatic heterocycles. The van der Waals surface area contributed by atoms with Gasteiger partial charge in [-0.1, -0.05) is 12.8 Å². The number of hydrogen-bond donors (Lipinski definition) is 1. The van der Waals surface area contributed by atoms with Gasteiger partial charge in [0.2, 0.25) is 0 Å². The predicted molar refractivity (Wildman–Crippen MR) is 65.4 cm³/mol. The van der Waals surface area contributed by atoms with Gasteiger partial charge in [-0.25, -0.2) is 9.97 Å². The van der Waals surface area contributed by atoms with Crippen LogP contribution in [0.15, 0.2) is 29.1 Å². The molecule has 0 atom stereocenters. The average Bonchev–Trinajstić information content (AvgIpc) is 3.02. The third-order valence-electron chi connectivity index (χ3n) is 3.32. The first-order chi connectivity index (χ1) is 8.33. The van der Waals surface area contributed by atoms with Crippen LogP contribution in [0.2, 0.25) is 0 Å². The molecule has 88 valence electrons. The Hall–Kier alpha value is -1.84. The van der Waals surface area contributed by atoms with E-state index in [1.54, 1.807) is 12.5 Å². The monoisotopic (exact) mass is 229 g/mol. The number of rotatable bonds is 2. The number of nitrogen functional groups attached to an aromatic ring is 1. The van der Waals surface area contributed by atoms with Gasteiger partial charge in [0.05, 0.1) is 11.8 Å². The lowest BCUT2D eigenvalue weighted by molar-refractivity contribution is 0.568. The molecule has 0 bridgehead atoms. The highest BCUT2D eigenvalue weighted by molar-refractivity contribution is 5.55. The quantitative estimate of drug-likeness (QED) is 0.859. The Bertz CT molecular complexity index is 501. The number of anilines is 1.